The molecule has 2 atom stereocenters. The Morgan fingerprint density at radius 2 is 2.15 bits per heavy atom. The molecular formula is C16H33N3O. The number of hydrogen-bond acceptors (Lipinski definition) is 3. The van der Waals surface area contributed by atoms with Gasteiger partial charge in [-0.15, -0.1) is 0 Å². The summed E-state index contributed by atoms with van der Waals surface area (Å²) in [6.45, 7) is 9.59. The molecule has 3 N–H and O–H groups in total. The smallest absolute Gasteiger partial charge is 0.237 e. The Morgan fingerprint density at radius 1 is 1.40 bits per heavy atom. The number of nitrogens with one attached hydrogen (secondary N) is 1. The maximum Gasteiger partial charge on any atom is 0.237 e. The van der Waals surface area contributed by atoms with Crippen LogP contribution in [0.5, 0.6) is 0 Å². The second kappa shape index (κ2) is 8.63. The first-order valence-electron chi connectivity index (χ1n) is 8.32. The summed E-state index contributed by atoms with van der Waals surface area (Å²) in [6, 6.07) is 0.788. The predicted octanol–water partition coefficient (Wildman–Crippen LogP) is 2.27. The maximum atomic E-state index is 11.6. The van der Waals surface area contributed by atoms with Gasteiger partial charge in [-0.3, -0.25) is 4.79 Å². The van der Waals surface area contributed by atoms with Crippen LogP contribution in [0.15, 0.2) is 0 Å². The molecule has 0 bridgehead atoms. The van der Waals surface area contributed by atoms with Gasteiger partial charge in [0.1, 0.15) is 0 Å². The number of carbonyl (C=O) groups excluding carboxylic acids is 1. The van der Waals surface area contributed by atoms with Crippen LogP contribution in [0.1, 0.15) is 65.7 Å². The summed E-state index contributed by atoms with van der Waals surface area (Å²) < 4.78 is 0. The summed E-state index contributed by atoms with van der Waals surface area (Å²) in [5.74, 6) is -0.224. The lowest BCUT2D eigenvalue weighted by molar-refractivity contribution is -0.124. The summed E-state index contributed by atoms with van der Waals surface area (Å²) >= 11 is 0. The van der Waals surface area contributed by atoms with Gasteiger partial charge in [0.2, 0.25) is 5.91 Å². The SMILES string of the molecule is CCCNC(C)(CCCCN1CCCC1CC)C(N)=O. The van der Waals surface area contributed by atoms with Gasteiger partial charge in [-0.05, 0) is 71.5 Å². The molecule has 2 unspecified atom stereocenters. The molecule has 1 fully saturated rings. The van der Waals surface area contributed by atoms with Crippen LogP contribution in [-0.2, 0) is 4.79 Å². The normalized spacial score (nSPS) is 22.9. The van der Waals surface area contributed by atoms with Gasteiger partial charge in [-0.1, -0.05) is 13.8 Å². The van der Waals surface area contributed by atoms with Crippen LogP contribution in [0.4, 0.5) is 0 Å². The summed E-state index contributed by atoms with van der Waals surface area (Å²) in [7, 11) is 0. The Kier molecular flexibility index (Phi) is 7.52. The van der Waals surface area contributed by atoms with Gasteiger partial charge in [0, 0.05) is 6.04 Å². The van der Waals surface area contributed by atoms with Crippen LogP contribution in [0.2, 0.25) is 0 Å². The molecule has 0 aromatic carbocycles. The van der Waals surface area contributed by atoms with Crippen molar-refractivity contribution in [3.63, 3.8) is 0 Å². The highest BCUT2D eigenvalue weighted by molar-refractivity contribution is 5.84. The van der Waals surface area contributed by atoms with Crippen LogP contribution in [0, 0.1) is 0 Å². The minimum absolute atomic E-state index is 0.224. The quantitative estimate of drug-likeness (QED) is 0.605. The van der Waals surface area contributed by atoms with Crippen molar-refractivity contribution in [2.75, 3.05) is 19.6 Å². The van der Waals surface area contributed by atoms with E-state index in [4.69, 9.17) is 5.73 Å². The number of carbonyl (C=O) groups is 1. The lowest BCUT2D eigenvalue weighted by Crippen LogP contribution is -2.53. The van der Waals surface area contributed by atoms with Gasteiger partial charge in [-0.25, -0.2) is 0 Å². The van der Waals surface area contributed by atoms with Crippen molar-refractivity contribution in [3.8, 4) is 0 Å². The van der Waals surface area contributed by atoms with E-state index in [1.54, 1.807) is 0 Å². The Morgan fingerprint density at radius 3 is 2.75 bits per heavy atom. The molecule has 0 saturated carbocycles. The van der Waals surface area contributed by atoms with Gasteiger partial charge in [0.15, 0.2) is 0 Å². The van der Waals surface area contributed by atoms with Gasteiger partial charge in [0.05, 0.1) is 5.54 Å². The molecule has 0 aromatic heterocycles. The van der Waals surface area contributed by atoms with E-state index < -0.39 is 5.54 Å². The summed E-state index contributed by atoms with van der Waals surface area (Å²) in [5.41, 5.74) is 5.01. The van der Waals surface area contributed by atoms with Gasteiger partial charge in [0.25, 0.3) is 0 Å². The first-order chi connectivity index (χ1) is 9.53. The molecule has 0 radical (unpaired) electrons. The fourth-order valence-corrected chi connectivity index (χ4v) is 3.14. The number of nitrogens with two attached hydrogens (primary N) is 1. The first kappa shape index (κ1) is 17.4. The number of amides is 1. The van der Waals surface area contributed by atoms with Crippen molar-refractivity contribution in [3.05, 3.63) is 0 Å². The van der Waals surface area contributed by atoms with Crippen molar-refractivity contribution >= 4 is 5.91 Å². The fraction of sp³-hybridized carbons (Fsp3) is 0.938. The molecule has 1 amide bonds. The van der Waals surface area contributed by atoms with Crippen LogP contribution < -0.4 is 11.1 Å². The molecular weight excluding hydrogens is 250 g/mol. The molecule has 1 rings (SSSR count). The van der Waals surface area contributed by atoms with Crippen LogP contribution in [0.25, 0.3) is 0 Å². The lowest BCUT2D eigenvalue weighted by atomic mass is 9.93. The zero-order chi connectivity index (χ0) is 15.0. The van der Waals surface area contributed by atoms with Crippen molar-refractivity contribution in [2.45, 2.75) is 77.3 Å². The minimum atomic E-state index is -0.537. The third-order valence-electron chi connectivity index (χ3n) is 4.65. The lowest BCUT2D eigenvalue weighted by Gasteiger charge is -2.28. The van der Waals surface area contributed by atoms with E-state index >= 15 is 0 Å². The third-order valence-corrected chi connectivity index (χ3v) is 4.65. The summed E-state index contributed by atoms with van der Waals surface area (Å²) in [5, 5.41) is 3.31. The number of nitrogens with zero attached hydrogens (tertiary/aromatic N) is 1. The van der Waals surface area contributed by atoms with Gasteiger partial charge < -0.3 is 16.0 Å². The van der Waals surface area contributed by atoms with Crippen molar-refractivity contribution in [1.29, 1.82) is 0 Å². The molecule has 1 aliphatic heterocycles. The van der Waals surface area contributed by atoms with E-state index in [2.05, 4.69) is 24.1 Å². The van der Waals surface area contributed by atoms with E-state index in [1.807, 2.05) is 6.92 Å². The Balaban J connectivity index is 2.28. The van der Waals surface area contributed by atoms with Crippen LogP contribution >= 0.6 is 0 Å². The second-order valence-electron chi connectivity index (χ2n) is 6.32. The standard InChI is InChI=1S/C16H33N3O/c1-4-11-18-16(3,15(17)20)10-6-7-12-19-13-8-9-14(19)5-2/h14,18H,4-13H2,1-3H3,(H2,17,20). The van der Waals surface area contributed by atoms with Gasteiger partial charge in [-0.2, -0.15) is 0 Å². The van der Waals surface area contributed by atoms with Crippen LogP contribution in [-0.4, -0.2) is 42.0 Å². The monoisotopic (exact) mass is 283 g/mol. The molecule has 0 aliphatic carbocycles. The third kappa shape index (κ3) is 5.06. The average molecular weight is 283 g/mol. The molecule has 20 heavy (non-hydrogen) atoms. The Hall–Kier alpha value is -0.610. The number of unbranched alkanes of at least 4 members (excludes halogenated alkanes) is 1. The van der Waals surface area contributed by atoms with Crippen LogP contribution in [0.3, 0.4) is 0 Å². The van der Waals surface area contributed by atoms with Crippen molar-refractivity contribution in [2.24, 2.45) is 5.73 Å². The zero-order valence-corrected chi connectivity index (χ0v) is 13.6. The summed E-state index contributed by atoms with van der Waals surface area (Å²) in [6.07, 6.45) is 8.04. The Labute approximate surface area is 124 Å². The molecule has 4 nitrogen and oxygen atoms in total. The number of likely N-dealkylation sites (tertiary alicyclic amines) is 1. The molecule has 4 heteroatoms. The predicted molar refractivity (Wildman–Crippen MR) is 84.6 cm³/mol. The van der Waals surface area contributed by atoms with E-state index in [0.29, 0.717) is 0 Å². The highest BCUT2D eigenvalue weighted by atomic mass is 16.1. The maximum absolute atomic E-state index is 11.6. The molecule has 1 heterocycles. The first-order valence-corrected chi connectivity index (χ1v) is 8.32. The molecule has 118 valence electrons. The summed E-state index contributed by atoms with van der Waals surface area (Å²) in [4.78, 5) is 14.2. The van der Waals surface area contributed by atoms with Crippen molar-refractivity contribution in [1.82, 2.24) is 10.2 Å². The molecule has 0 spiro atoms. The van der Waals surface area contributed by atoms with E-state index in [1.165, 1.54) is 32.4 Å². The van der Waals surface area contributed by atoms with Crippen molar-refractivity contribution < 1.29 is 4.79 Å². The highest BCUT2D eigenvalue weighted by Crippen LogP contribution is 2.21. The van der Waals surface area contributed by atoms with E-state index in [-0.39, 0.29) is 5.91 Å². The fourth-order valence-electron chi connectivity index (χ4n) is 3.14. The topological polar surface area (TPSA) is 58.4 Å². The number of hydrogen-bond donors (Lipinski definition) is 2. The van der Waals surface area contributed by atoms with Gasteiger partial charge >= 0.3 is 0 Å². The Bertz CT molecular complexity index is 295. The zero-order valence-electron chi connectivity index (χ0n) is 13.6. The average Bonchev–Trinajstić information content (AvgIpc) is 2.88. The highest BCUT2D eigenvalue weighted by Gasteiger charge is 2.29. The largest absolute Gasteiger partial charge is 0.368 e. The van der Waals surface area contributed by atoms with E-state index in [9.17, 15) is 4.79 Å². The van der Waals surface area contributed by atoms with E-state index in [0.717, 1.165) is 38.3 Å². The number of primary amides is 1. The minimum Gasteiger partial charge on any atom is -0.368 e. The molecule has 0 aromatic rings. The second-order valence-corrected chi connectivity index (χ2v) is 6.32. The number of rotatable bonds is 10. The molecule has 1 saturated heterocycles. The molecule has 1 aliphatic rings.